The Morgan fingerprint density at radius 1 is 1.11 bits per heavy atom. The first-order valence-electron chi connectivity index (χ1n) is 6.12. The highest BCUT2D eigenvalue weighted by Crippen LogP contribution is 2.25. The van der Waals surface area contributed by atoms with Crippen LogP contribution in [-0.2, 0) is 0 Å². The van der Waals surface area contributed by atoms with Crippen LogP contribution in [0.15, 0.2) is 17.9 Å². The van der Waals surface area contributed by atoms with Gasteiger partial charge in [0.05, 0.1) is 0 Å². The van der Waals surface area contributed by atoms with E-state index in [0.717, 1.165) is 42.7 Å². The lowest BCUT2D eigenvalue weighted by Gasteiger charge is -2.35. The van der Waals surface area contributed by atoms with Gasteiger partial charge in [-0.05, 0) is 6.92 Å². The third-order valence-corrected chi connectivity index (χ3v) is 4.48. The van der Waals surface area contributed by atoms with Crippen LogP contribution in [0.4, 0.5) is 10.9 Å². The van der Waals surface area contributed by atoms with E-state index in [1.807, 2.05) is 18.5 Å². The molecule has 3 heterocycles. The number of thiazole rings is 1. The number of anilines is 2. The predicted octanol–water partition coefficient (Wildman–Crippen LogP) is 2.22. The Bertz CT molecular complexity index is 551. The lowest BCUT2D eigenvalue weighted by atomic mass is 10.2. The van der Waals surface area contributed by atoms with Crippen LogP contribution in [0.1, 0.15) is 5.56 Å². The van der Waals surface area contributed by atoms with Crippen molar-refractivity contribution in [2.75, 3.05) is 36.0 Å². The summed E-state index contributed by atoms with van der Waals surface area (Å²) in [6.45, 7) is 5.72. The SMILES string of the molecule is Cc1c(Cl)ncnc1N1CCN(c2nccs2)CC1. The summed E-state index contributed by atoms with van der Waals surface area (Å²) >= 11 is 7.73. The number of halogens is 1. The molecule has 0 amide bonds. The smallest absolute Gasteiger partial charge is 0.185 e. The van der Waals surface area contributed by atoms with Crippen LogP contribution in [0.25, 0.3) is 0 Å². The second-order valence-corrected chi connectivity index (χ2v) is 5.63. The molecule has 0 atom stereocenters. The number of hydrogen-bond acceptors (Lipinski definition) is 6. The van der Waals surface area contributed by atoms with Gasteiger partial charge in [0.2, 0.25) is 0 Å². The average molecular weight is 296 g/mol. The molecule has 2 aromatic heterocycles. The first-order valence-corrected chi connectivity index (χ1v) is 7.38. The summed E-state index contributed by atoms with van der Waals surface area (Å²) < 4.78 is 0. The maximum atomic E-state index is 6.05. The van der Waals surface area contributed by atoms with Gasteiger partial charge in [-0.1, -0.05) is 11.6 Å². The molecule has 2 aromatic rings. The number of piperazine rings is 1. The van der Waals surface area contributed by atoms with Crippen molar-refractivity contribution in [3.05, 3.63) is 28.6 Å². The number of nitrogens with zero attached hydrogens (tertiary/aromatic N) is 5. The van der Waals surface area contributed by atoms with Crippen molar-refractivity contribution in [3.8, 4) is 0 Å². The van der Waals surface area contributed by atoms with Crippen LogP contribution in [0.3, 0.4) is 0 Å². The van der Waals surface area contributed by atoms with Gasteiger partial charge in [0.1, 0.15) is 17.3 Å². The zero-order valence-electron chi connectivity index (χ0n) is 10.6. The number of aromatic nitrogens is 3. The quantitative estimate of drug-likeness (QED) is 0.795. The predicted molar refractivity (Wildman–Crippen MR) is 78.3 cm³/mol. The van der Waals surface area contributed by atoms with Crippen LogP contribution in [0, 0.1) is 6.92 Å². The van der Waals surface area contributed by atoms with E-state index in [0.29, 0.717) is 5.15 Å². The molecule has 0 unspecified atom stereocenters. The molecule has 0 radical (unpaired) electrons. The molecule has 3 rings (SSSR count). The van der Waals surface area contributed by atoms with Gasteiger partial charge in [-0.3, -0.25) is 0 Å². The van der Waals surface area contributed by atoms with Crippen LogP contribution < -0.4 is 9.80 Å². The highest BCUT2D eigenvalue weighted by atomic mass is 35.5. The van der Waals surface area contributed by atoms with Crippen molar-refractivity contribution < 1.29 is 0 Å². The standard InChI is InChI=1S/C12H14ClN5S/c1-9-10(13)15-8-16-11(9)17-3-5-18(6-4-17)12-14-2-7-19-12/h2,7-8H,3-6H2,1H3. The summed E-state index contributed by atoms with van der Waals surface area (Å²) in [5.74, 6) is 0.943. The summed E-state index contributed by atoms with van der Waals surface area (Å²) in [6, 6.07) is 0. The van der Waals surface area contributed by atoms with E-state index in [9.17, 15) is 0 Å². The maximum Gasteiger partial charge on any atom is 0.185 e. The van der Waals surface area contributed by atoms with Crippen molar-refractivity contribution in [1.82, 2.24) is 15.0 Å². The molecule has 1 aliphatic rings. The van der Waals surface area contributed by atoms with Crippen molar-refractivity contribution in [1.29, 1.82) is 0 Å². The van der Waals surface area contributed by atoms with Crippen molar-refractivity contribution in [3.63, 3.8) is 0 Å². The molecule has 1 aliphatic heterocycles. The Balaban J connectivity index is 1.72. The molecule has 1 fully saturated rings. The Kier molecular flexibility index (Phi) is 3.52. The van der Waals surface area contributed by atoms with E-state index in [4.69, 9.17) is 11.6 Å². The number of rotatable bonds is 2. The molecule has 0 bridgehead atoms. The van der Waals surface area contributed by atoms with E-state index < -0.39 is 0 Å². The van der Waals surface area contributed by atoms with E-state index >= 15 is 0 Å². The van der Waals surface area contributed by atoms with Gasteiger partial charge in [-0.2, -0.15) is 0 Å². The molecule has 0 N–H and O–H groups in total. The zero-order valence-corrected chi connectivity index (χ0v) is 12.2. The van der Waals surface area contributed by atoms with Crippen molar-refractivity contribution >= 4 is 33.9 Å². The summed E-state index contributed by atoms with van der Waals surface area (Å²) in [5.41, 5.74) is 0.951. The van der Waals surface area contributed by atoms with Gasteiger partial charge in [0, 0.05) is 43.3 Å². The number of hydrogen-bond donors (Lipinski definition) is 0. The first-order chi connectivity index (χ1) is 9.25. The van der Waals surface area contributed by atoms with Gasteiger partial charge in [0.25, 0.3) is 0 Å². The van der Waals surface area contributed by atoms with Gasteiger partial charge >= 0.3 is 0 Å². The minimum absolute atomic E-state index is 0.535. The molecule has 0 spiro atoms. The third kappa shape index (κ3) is 2.50. The zero-order chi connectivity index (χ0) is 13.2. The van der Waals surface area contributed by atoms with Crippen LogP contribution in [0.2, 0.25) is 5.15 Å². The van der Waals surface area contributed by atoms with Gasteiger partial charge in [-0.25, -0.2) is 15.0 Å². The van der Waals surface area contributed by atoms with Crippen molar-refractivity contribution in [2.45, 2.75) is 6.92 Å². The van der Waals surface area contributed by atoms with Gasteiger partial charge < -0.3 is 9.80 Å². The summed E-state index contributed by atoms with van der Waals surface area (Å²) in [4.78, 5) is 17.3. The fraction of sp³-hybridized carbons (Fsp3) is 0.417. The monoisotopic (exact) mass is 295 g/mol. The largest absolute Gasteiger partial charge is 0.353 e. The lowest BCUT2D eigenvalue weighted by Crippen LogP contribution is -2.47. The molecule has 5 nitrogen and oxygen atoms in total. The topological polar surface area (TPSA) is 45.2 Å². The first kappa shape index (κ1) is 12.6. The van der Waals surface area contributed by atoms with Gasteiger partial charge in [0.15, 0.2) is 5.13 Å². The molecule has 0 aliphatic carbocycles. The van der Waals surface area contributed by atoms with Crippen molar-refractivity contribution in [2.24, 2.45) is 0 Å². The van der Waals surface area contributed by atoms with E-state index in [2.05, 4.69) is 24.8 Å². The molecular formula is C12H14ClN5S. The fourth-order valence-electron chi connectivity index (χ4n) is 2.22. The minimum Gasteiger partial charge on any atom is -0.353 e. The normalized spacial score (nSPS) is 15.9. The summed E-state index contributed by atoms with van der Waals surface area (Å²) in [6.07, 6.45) is 3.37. The second-order valence-electron chi connectivity index (χ2n) is 4.40. The molecular weight excluding hydrogens is 282 g/mol. The molecule has 19 heavy (non-hydrogen) atoms. The Morgan fingerprint density at radius 3 is 2.53 bits per heavy atom. The molecule has 1 saturated heterocycles. The minimum atomic E-state index is 0.535. The molecule has 0 aromatic carbocycles. The van der Waals surface area contributed by atoms with Crippen LogP contribution >= 0.6 is 22.9 Å². The second kappa shape index (κ2) is 5.30. The summed E-state index contributed by atoms with van der Waals surface area (Å²) in [7, 11) is 0. The van der Waals surface area contributed by atoms with Gasteiger partial charge in [-0.15, -0.1) is 11.3 Å². The van der Waals surface area contributed by atoms with E-state index in [1.54, 1.807) is 11.3 Å². The highest BCUT2D eigenvalue weighted by Gasteiger charge is 2.21. The fourth-order valence-corrected chi connectivity index (χ4v) is 3.05. The summed E-state index contributed by atoms with van der Waals surface area (Å²) in [5, 5.41) is 3.64. The lowest BCUT2D eigenvalue weighted by molar-refractivity contribution is 0.644. The van der Waals surface area contributed by atoms with E-state index in [1.165, 1.54) is 6.33 Å². The van der Waals surface area contributed by atoms with E-state index in [-0.39, 0.29) is 0 Å². The average Bonchev–Trinajstić information content (AvgIpc) is 2.96. The Hall–Kier alpha value is -1.40. The van der Waals surface area contributed by atoms with Crippen LogP contribution in [0.5, 0.6) is 0 Å². The third-order valence-electron chi connectivity index (χ3n) is 3.26. The highest BCUT2D eigenvalue weighted by molar-refractivity contribution is 7.13. The molecule has 100 valence electrons. The Labute approximate surface area is 120 Å². The Morgan fingerprint density at radius 2 is 1.84 bits per heavy atom. The van der Waals surface area contributed by atoms with Crippen LogP contribution in [-0.4, -0.2) is 41.1 Å². The molecule has 7 heteroatoms. The maximum absolute atomic E-state index is 6.05. The molecule has 0 saturated carbocycles.